The van der Waals surface area contributed by atoms with Gasteiger partial charge in [-0.05, 0) is 31.0 Å². The Hall–Kier alpha value is -1.77. The molecule has 0 radical (unpaired) electrons. The van der Waals surface area contributed by atoms with E-state index in [1.165, 1.54) is 10.9 Å². The van der Waals surface area contributed by atoms with Gasteiger partial charge in [-0.25, -0.2) is 0 Å². The lowest BCUT2D eigenvalue weighted by atomic mass is 10.1. The van der Waals surface area contributed by atoms with E-state index in [1.807, 2.05) is 29.0 Å². The van der Waals surface area contributed by atoms with E-state index in [0.717, 1.165) is 18.4 Å². The van der Waals surface area contributed by atoms with Crippen LogP contribution in [0.2, 0.25) is 0 Å². The standard InChI is InChI=1S/C15H19NO2/c1-3-4-10-18-15(17)11-16-9-8-13-12(2)6-5-7-14(13)16/h5-9H,3-4,10-11H2,1-2H3. The quantitative estimate of drug-likeness (QED) is 0.598. The van der Waals surface area contributed by atoms with Crippen molar-refractivity contribution in [2.75, 3.05) is 6.61 Å². The summed E-state index contributed by atoms with van der Waals surface area (Å²) >= 11 is 0. The zero-order chi connectivity index (χ0) is 13.0. The molecular formula is C15H19NO2. The first-order chi connectivity index (χ1) is 8.72. The van der Waals surface area contributed by atoms with Crippen LogP contribution in [0.25, 0.3) is 10.9 Å². The largest absolute Gasteiger partial charge is 0.464 e. The minimum Gasteiger partial charge on any atom is -0.464 e. The molecule has 0 saturated heterocycles. The molecule has 2 aromatic rings. The summed E-state index contributed by atoms with van der Waals surface area (Å²) < 4.78 is 7.12. The summed E-state index contributed by atoms with van der Waals surface area (Å²) in [6.45, 7) is 4.96. The molecule has 18 heavy (non-hydrogen) atoms. The molecule has 0 aliphatic heterocycles. The van der Waals surface area contributed by atoms with Crippen molar-refractivity contribution in [3.8, 4) is 0 Å². The average molecular weight is 245 g/mol. The summed E-state index contributed by atoms with van der Waals surface area (Å²) in [5.74, 6) is -0.164. The summed E-state index contributed by atoms with van der Waals surface area (Å²) in [6, 6.07) is 8.16. The van der Waals surface area contributed by atoms with E-state index in [0.29, 0.717) is 6.61 Å². The minimum absolute atomic E-state index is 0.164. The third-order valence-corrected chi connectivity index (χ3v) is 3.09. The van der Waals surface area contributed by atoms with Gasteiger partial charge >= 0.3 is 5.97 Å². The molecule has 0 fully saturated rings. The van der Waals surface area contributed by atoms with Gasteiger partial charge in [-0.1, -0.05) is 25.5 Å². The first-order valence-electron chi connectivity index (χ1n) is 6.42. The number of rotatable bonds is 5. The Morgan fingerprint density at radius 1 is 1.33 bits per heavy atom. The van der Waals surface area contributed by atoms with Crippen LogP contribution >= 0.6 is 0 Å². The lowest BCUT2D eigenvalue weighted by molar-refractivity contribution is -0.144. The normalized spacial score (nSPS) is 10.8. The molecule has 2 rings (SSSR count). The van der Waals surface area contributed by atoms with Crippen LogP contribution in [0.4, 0.5) is 0 Å². The van der Waals surface area contributed by atoms with Crippen LogP contribution in [0.5, 0.6) is 0 Å². The Morgan fingerprint density at radius 3 is 2.94 bits per heavy atom. The molecule has 3 nitrogen and oxygen atoms in total. The van der Waals surface area contributed by atoms with Crippen molar-refractivity contribution < 1.29 is 9.53 Å². The molecule has 3 heteroatoms. The Balaban J connectivity index is 2.08. The second-order valence-electron chi connectivity index (χ2n) is 4.53. The van der Waals surface area contributed by atoms with Gasteiger partial charge in [0, 0.05) is 17.1 Å². The van der Waals surface area contributed by atoms with Crippen molar-refractivity contribution in [2.45, 2.75) is 33.2 Å². The highest BCUT2D eigenvalue weighted by atomic mass is 16.5. The highest BCUT2D eigenvalue weighted by Gasteiger charge is 2.07. The van der Waals surface area contributed by atoms with Gasteiger partial charge in [-0.2, -0.15) is 0 Å². The molecule has 1 aromatic carbocycles. The first kappa shape index (κ1) is 12.7. The van der Waals surface area contributed by atoms with Gasteiger partial charge in [0.15, 0.2) is 0 Å². The molecule has 0 amide bonds. The average Bonchev–Trinajstić information content (AvgIpc) is 2.74. The fourth-order valence-electron chi connectivity index (χ4n) is 2.03. The van der Waals surface area contributed by atoms with Crippen molar-refractivity contribution in [1.82, 2.24) is 4.57 Å². The predicted octanol–water partition coefficient (Wildman–Crippen LogP) is 3.29. The van der Waals surface area contributed by atoms with Crippen LogP contribution in [0.3, 0.4) is 0 Å². The molecule has 0 N–H and O–H groups in total. The molecule has 0 aliphatic carbocycles. The third kappa shape index (κ3) is 2.73. The van der Waals surface area contributed by atoms with Crippen LogP contribution in [0.1, 0.15) is 25.3 Å². The number of hydrogen-bond donors (Lipinski definition) is 0. The van der Waals surface area contributed by atoms with Crippen molar-refractivity contribution in [2.24, 2.45) is 0 Å². The van der Waals surface area contributed by atoms with E-state index in [4.69, 9.17) is 4.74 Å². The number of aromatic nitrogens is 1. The number of nitrogens with zero attached hydrogens (tertiary/aromatic N) is 1. The molecule has 0 spiro atoms. The summed E-state index contributed by atoms with van der Waals surface area (Å²) in [7, 11) is 0. The molecular weight excluding hydrogens is 226 g/mol. The summed E-state index contributed by atoms with van der Waals surface area (Å²) in [5, 5.41) is 1.19. The summed E-state index contributed by atoms with van der Waals surface area (Å²) in [6.07, 6.45) is 3.91. The lowest BCUT2D eigenvalue weighted by Gasteiger charge is -2.06. The van der Waals surface area contributed by atoms with E-state index in [2.05, 4.69) is 19.9 Å². The Kier molecular flexibility index (Phi) is 4.03. The van der Waals surface area contributed by atoms with Crippen LogP contribution in [-0.2, 0) is 16.1 Å². The number of ether oxygens (including phenoxy) is 1. The molecule has 0 saturated carbocycles. The van der Waals surface area contributed by atoms with Gasteiger partial charge in [0.05, 0.1) is 6.61 Å². The zero-order valence-electron chi connectivity index (χ0n) is 11.0. The smallest absolute Gasteiger partial charge is 0.325 e. The van der Waals surface area contributed by atoms with Crippen molar-refractivity contribution in [3.05, 3.63) is 36.0 Å². The van der Waals surface area contributed by atoms with Crippen LogP contribution < -0.4 is 0 Å². The fourth-order valence-corrected chi connectivity index (χ4v) is 2.03. The van der Waals surface area contributed by atoms with Gasteiger partial charge in [0.1, 0.15) is 6.54 Å². The van der Waals surface area contributed by atoms with E-state index in [9.17, 15) is 4.79 Å². The van der Waals surface area contributed by atoms with Gasteiger partial charge in [0.2, 0.25) is 0 Å². The van der Waals surface area contributed by atoms with Gasteiger partial charge in [-0.3, -0.25) is 4.79 Å². The number of aryl methyl sites for hydroxylation is 1. The second kappa shape index (κ2) is 5.71. The van der Waals surface area contributed by atoms with Crippen LogP contribution in [0.15, 0.2) is 30.5 Å². The maximum atomic E-state index is 11.7. The number of carbonyl (C=O) groups is 1. The highest BCUT2D eigenvalue weighted by Crippen LogP contribution is 2.19. The zero-order valence-corrected chi connectivity index (χ0v) is 11.0. The number of unbranched alkanes of at least 4 members (excludes halogenated alkanes) is 1. The topological polar surface area (TPSA) is 31.2 Å². The molecule has 0 aliphatic rings. The monoisotopic (exact) mass is 245 g/mol. The van der Waals surface area contributed by atoms with Crippen molar-refractivity contribution in [3.63, 3.8) is 0 Å². The van der Waals surface area contributed by atoms with Gasteiger partial charge in [0.25, 0.3) is 0 Å². The number of hydrogen-bond acceptors (Lipinski definition) is 2. The molecule has 96 valence electrons. The number of benzene rings is 1. The Labute approximate surface area is 107 Å². The maximum absolute atomic E-state index is 11.7. The van der Waals surface area contributed by atoms with E-state index in [-0.39, 0.29) is 12.5 Å². The molecule has 1 heterocycles. The van der Waals surface area contributed by atoms with Crippen LogP contribution in [0, 0.1) is 6.92 Å². The summed E-state index contributed by atoms with van der Waals surface area (Å²) in [4.78, 5) is 11.7. The number of esters is 1. The second-order valence-corrected chi connectivity index (χ2v) is 4.53. The lowest BCUT2D eigenvalue weighted by Crippen LogP contribution is -2.13. The van der Waals surface area contributed by atoms with Crippen LogP contribution in [-0.4, -0.2) is 17.1 Å². The van der Waals surface area contributed by atoms with Crippen molar-refractivity contribution in [1.29, 1.82) is 0 Å². The molecule has 0 atom stereocenters. The molecule has 0 bridgehead atoms. The van der Waals surface area contributed by atoms with Crippen molar-refractivity contribution >= 4 is 16.9 Å². The third-order valence-electron chi connectivity index (χ3n) is 3.09. The maximum Gasteiger partial charge on any atom is 0.325 e. The summed E-state index contributed by atoms with van der Waals surface area (Å²) in [5.41, 5.74) is 2.31. The molecule has 1 aromatic heterocycles. The Morgan fingerprint density at radius 2 is 2.17 bits per heavy atom. The van der Waals surface area contributed by atoms with Gasteiger partial charge < -0.3 is 9.30 Å². The van der Waals surface area contributed by atoms with E-state index in [1.54, 1.807) is 0 Å². The Bertz CT molecular complexity index is 542. The number of fused-ring (bicyclic) bond motifs is 1. The first-order valence-corrected chi connectivity index (χ1v) is 6.42. The molecule has 0 unspecified atom stereocenters. The van der Waals surface area contributed by atoms with E-state index < -0.39 is 0 Å². The number of carbonyl (C=O) groups excluding carboxylic acids is 1. The minimum atomic E-state index is -0.164. The fraction of sp³-hybridized carbons (Fsp3) is 0.400. The van der Waals surface area contributed by atoms with Gasteiger partial charge in [-0.15, -0.1) is 0 Å². The van der Waals surface area contributed by atoms with E-state index >= 15 is 0 Å². The highest BCUT2D eigenvalue weighted by molar-refractivity contribution is 5.84. The predicted molar refractivity (Wildman–Crippen MR) is 72.5 cm³/mol. The SMILES string of the molecule is CCCCOC(=O)Cn1ccc2c(C)cccc21.